The molecule has 0 aromatic rings. The van der Waals surface area contributed by atoms with Gasteiger partial charge in [-0.3, -0.25) is 9.59 Å². The number of hydrogen-bond donors (Lipinski definition) is 1. The van der Waals surface area contributed by atoms with Gasteiger partial charge < -0.3 is 24.3 Å². The molecule has 1 N–H and O–H groups in total. The Bertz CT molecular complexity index is 727. The van der Waals surface area contributed by atoms with Crippen molar-refractivity contribution >= 4 is 18.0 Å². The average molecular weight is 536 g/mol. The van der Waals surface area contributed by atoms with E-state index in [0.717, 1.165) is 64.2 Å². The minimum atomic E-state index is -0.331. The van der Waals surface area contributed by atoms with Crippen molar-refractivity contribution in [1.82, 2.24) is 5.32 Å². The first-order valence-corrected chi connectivity index (χ1v) is 14.9. The van der Waals surface area contributed by atoms with Gasteiger partial charge in [-0.05, 0) is 49.9 Å². The first kappa shape index (κ1) is 31.9. The van der Waals surface area contributed by atoms with Crippen LogP contribution in [0.5, 0.6) is 0 Å². The monoisotopic (exact) mass is 535 g/mol. The standard InChI is InChI=1S/C30H49NO7/c1-2-3-4-5-12-17-28(32)36-22-20-35-21-23-37-29(33)18-13-8-9-14-19-31-30(34)38-24-27-25-15-10-6-7-11-16-26(25)27/h25-27H,2-5,8-24H2,1H3,(H,31,34)/t25-,26+,27?. The van der Waals surface area contributed by atoms with Crippen LogP contribution in [-0.4, -0.2) is 57.6 Å². The number of nitrogens with one attached hydrogen (secondary N) is 1. The Labute approximate surface area is 229 Å². The van der Waals surface area contributed by atoms with Gasteiger partial charge in [0.15, 0.2) is 0 Å². The van der Waals surface area contributed by atoms with E-state index in [-0.39, 0.29) is 31.2 Å². The molecule has 0 spiro atoms. The lowest BCUT2D eigenvalue weighted by atomic mass is 10.1. The normalized spacial score (nSPS) is 19.7. The molecule has 2 rings (SSSR count). The smallest absolute Gasteiger partial charge is 0.407 e. The van der Waals surface area contributed by atoms with Gasteiger partial charge in [-0.25, -0.2) is 4.79 Å². The summed E-state index contributed by atoms with van der Waals surface area (Å²) < 4.78 is 21.1. The quantitative estimate of drug-likeness (QED) is 0.0888. The molecular formula is C30H49NO7. The van der Waals surface area contributed by atoms with Gasteiger partial charge in [0.25, 0.3) is 0 Å². The molecule has 0 radical (unpaired) electrons. The van der Waals surface area contributed by atoms with E-state index < -0.39 is 0 Å². The van der Waals surface area contributed by atoms with Crippen molar-refractivity contribution in [3.05, 3.63) is 0 Å². The van der Waals surface area contributed by atoms with Crippen LogP contribution in [0.1, 0.15) is 103 Å². The number of esters is 2. The number of hydrogen-bond acceptors (Lipinski definition) is 7. The summed E-state index contributed by atoms with van der Waals surface area (Å²) >= 11 is 0. The van der Waals surface area contributed by atoms with Crippen molar-refractivity contribution in [2.24, 2.45) is 17.8 Å². The lowest BCUT2D eigenvalue weighted by Gasteiger charge is -2.08. The van der Waals surface area contributed by atoms with Crippen LogP contribution in [0.25, 0.3) is 0 Å². The van der Waals surface area contributed by atoms with Crippen molar-refractivity contribution in [1.29, 1.82) is 0 Å². The van der Waals surface area contributed by atoms with Crippen molar-refractivity contribution in [2.45, 2.75) is 103 Å². The van der Waals surface area contributed by atoms with Gasteiger partial charge in [0.1, 0.15) is 13.2 Å². The van der Waals surface area contributed by atoms with E-state index in [4.69, 9.17) is 18.9 Å². The first-order valence-electron chi connectivity index (χ1n) is 14.9. The predicted octanol–water partition coefficient (Wildman–Crippen LogP) is 5.57. The Balaban J connectivity index is 1.29. The highest BCUT2D eigenvalue weighted by molar-refractivity contribution is 5.69. The summed E-state index contributed by atoms with van der Waals surface area (Å²) in [6.07, 6.45) is 13.7. The molecule has 1 fully saturated rings. The van der Waals surface area contributed by atoms with Crippen LogP contribution in [0.3, 0.4) is 0 Å². The largest absolute Gasteiger partial charge is 0.463 e. The number of unbranched alkanes of at least 4 members (excludes halogenated alkanes) is 7. The van der Waals surface area contributed by atoms with Gasteiger partial charge in [0, 0.05) is 32.2 Å². The third kappa shape index (κ3) is 15.2. The maximum Gasteiger partial charge on any atom is 0.407 e. The topological polar surface area (TPSA) is 100 Å². The molecule has 38 heavy (non-hydrogen) atoms. The fourth-order valence-corrected chi connectivity index (χ4v) is 4.99. The fraction of sp³-hybridized carbons (Fsp3) is 0.833. The zero-order valence-electron chi connectivity index (χ0n) is 23.4. The van der Waals surface area contributed by atoms with Crippen molar-refractivity contribution < 1.29 is 33.3 Å². The molecule has 0 heterocycles. The van der Waals surface area contributed by atoms with E-state index in [1.54, 1.807) is 0 Å². The molecule has 0 bridgehead atoms. The van der Waals surface area contributed by atoms with Crippen LogP contribution in [0.2, 0.25) is 0 Å². The van der Waals surface area contributed by atoms with Crippen LogP contribution < -0.4 is 5.32 Å². The van der Waals surface area contributed by atoms with Crippen LogP contribution in [0, 0.1) is 29.6 Å². The van der Waals surface area contributed by atoms with Crippen LogP contribution in [0.15, 0.2) is 0 Å². The van der Waals surface area contributed by atoms with E-state index in [1.165, 1.54) is 19.3 Å². The lowest BCUT2D eigenvalue weighted by molar-refractivity contribution is -0.146. The summed E-state index contributed by atoms with van der Waals surface area (Å²) in [6.45, 7) is 4.28. The highest BCUT2D eigenvalue weighted by Crippen LogP contribution is 2.52. The predicted molar refractivity (Wildman–Crippen MR) is 145 cm³/mol. The fourth-order valence-electron chi connectivity index (χ4n) is 4.99. The van der Waals surface area contributed by atoms with Crippen molar-refractivity contribution in [3.8, 4) is 11.8 Å². The van der Waals surface area contributed by atoms with Gasteiger partial charge in [0.05, 0.1) is 19.8 Å². The van der Waals surface area contributed by atoms with Crippen LogP contribution in [0.4, 0.5) is 4.79 Å². The molecule has 1 saturated carbocycles. The molecule has 0 aromatic carbocycles. The van der Waals surface area contributed by atoms with E-state index in [0.29, 0.717) is 57.0 Å². The molecule has 2 aliphatic rings. The summed E-state index contributed by atoms with van der Waals surface area (Å²) in [7, 11) is 0. The molecule has 2 aliphatic carbocycles. The van der Waals surface area contributed by atoms with Crippen molar-refractivity contribution in [2.75, 3.05) is 39.6 Å². The molecule has 0 saturated heterocycles. The van der Waals surface area contributed by atoms with E-state index >= 15 is 0 Å². The Morgan fingerprint density at radius 1 is 0.711 bits per heavy atom. The van der Waals surface area contributed by atoms with Gasteiger partial charge >= 0.3 is 18.0 Å². The zero-order chi connectivity index (χ0) is 27.3. The maximum atomic E-state index is 11.9. The number of carbonyl (C=O) groups excluding carboxylic acids is 3. The molecule has 0 aliphatic heterocycles. The average Bonchev–Trinajstić information content (AvgIpc) is 3.54. The molecule has 216 valence electrons. The summed E-state index contributed by atoms with van der Waals surface area (Å²) in [5.74, 6) is 7.86. The van der Waals surface area contributed by atoms with E-state index in [9.17, 15) is 14.4 Å². The summed E-state index contributed by atoms with van der Waals surface area (Å²) in [5.41, 5.74) is 0. The highest BCUT2D eigenvalue weighted by Gasteiger charge is 2.49. The number of carbonyl (C=O) groups is 3. The molecule has 8 heteroatoms. The zero-order valence-corrected chi connectivity index (χ0v) is 23.4. The van der Waals surface area contributed by atoms with Crippen molar-refractivity contribution in [3.63, 3.8) is 0 Å². The Morgan fingerprint density at radius 3 is 1.84 bits per heavy atom. The Morgan fingerprint density at radius 2 is 1.26 bits per heavy atom. The van der Waals surface area contributed by atoms with Gasteiger partial charge in [0.2, 0.25) is 0 Å². The lowest BCUT2D eigenvalue weighted by Crippen LogP contribution is -2.26. The molecular weight excluding hydrogens is 486 g/mol. The third-order valence-electron chi connectivity index (χ3n) is 7.29. The highest BCUT2D eigenvalue weighted by atomic mass is 16.6. The summed E-state index contributed by atoms with van der Waals surface area (Å²) in [6, 6.07) is 0. The molecule has 1 amide bonds. The second kappa shape index (κ2) is 20.7. The molecule has 1 unspecified atom stereocenters. The Kier molecular flexibility index (Phi) is 17.4. The number of fused-ring (bicyclic) bond motifs is 1. The molecule has 8 nitrogen and oxygen atoms in total. The second-order valence-corrected chi connectivity index (χ2v) is 10.3. The summed E-state index contributed by atoms with van der Waals surface area (Å²) in [4.78, 5) is 35.3. The molecule has 3 atom stereocenters. The summed E-state index contributed by atoms with van der Waals surface area (Å²) in [5, 5.41) is 2.82. The number of alkyl carbamates (subject to hydrolysis) is 1. The number of amides is 1. The maximum absolute atomic E-state index is 11.9. The van der Waals surface area contributed by atoms with Gasteiger partial charge in [-0.1, -0.05) is 45.4 Å². The molecule has 0 aromatic heterocycles. The second-order valence-electron chi connectivity index (χ2n) is 10.3. The SMILES string of the molecule is CCCCCCCC(=O)OCCOCCOC(=O)CCCCCCNC(=O)OCC1[C@H]2CCC#CCC[C@@H]12. The minimum Gasteiger partial charge on any atom is -0.463 e. The van der Waals surface area contributed by atoms with Gasteiger partial charge in [-0.15, -0.1) is 11.8 Å². The first-order chi connectivity index (χ1) is 18.6. The van der Waals surface area contributed by atoms with Crippen LogP contribution in [-0.2, 0) is 28.5 Å². The number of rotatable bonds is 21. The minimum absolute atomic E-state index is 0.181. The van der Waals surface area contributed by atoms with Gasteiger partial charge in [-0.2, -0.15) is 0 Å². The number of ether oxygens (including phenoxy) is 4. The van der Waals surface area contributed by atoms with E-state index in [1.807, 2.05) is 0 Å². The third-order valence-corrected chi connectivity index (χ3v) is 7.29. The Hall–Kier alpha value is -2.27. The van der Waals surface area contributed by atoms with E-state index in [2.05, 4.69) is 24.1 Å². The van der Waals surface area contributed by atoms with Crippen LogP contribution >= 0.6 is 0 Å².